The highest BCUT2D eigenvalue weighted by Crippen LogP contribution is 2.28. The molecule has 1 aromatic carbocycles. The molecule has 0 bridgehead atoms. The third-order valence-corrected chi connectivity index (χ3v) is 3.63. The molecule has 6 nitrogen and oxygen atoms in total. The van der Waals surface area contributed by atoms with Gasteiger partial charge < -0.3 is 5.11 Å². The molecule has 2 rings (SSSR count). The molecule has 1 N–H and O–H groups in total. The van der Waals surface area contributed by atoms with Crippen LogP contribution >= 0.6 is 0 Å². The number of hydrogen-bond donors (Lipinski definition) is 1. The second-order valence-corrected chi connectivity index (χ2v) is 5.53. The lowest BCUT2D eigenvalue weighted by Gasteiger charge is -2.36. The van der Waals surface area contributed by atoms with Crippen molar-refractivity contribution in [3.05, 3.63) is 39.4 Å². The summed E-state index contributed by atoms with van der Waals surface area (Å²) in [6, 6.07) is 5.28. The number of aliphatic carboxylic acids is 1. The Balaban J connectivity index is 2.09. The molecule has 108 valence electrons. The molecule has 1 saturated heterocycles. The number of rotatable bonds is 5. The number of nitrogens with zero attached hydrogens (tertiary/aromatic N) is 2. The van der Waals surface area contributed by atoms with Gasteiger partial charge >= 0.3 is 5.97 Å². The summed E-state index contributed by atoms with van der Waals surface area (Å²) >= 11 is 0. The quantitative estimate of drug-likeness (QED) is 0.659. The maximum atomic E-state index is 11.1. The summed E-state index contributed by atoms with van der Waals surface area (Å²) in [4.78, 5) is 23.5. The molecule has 0 saturated carbocycles. The number of hydrogen-bond acceptors (Lipinski definition) is 4. The molecule has 6 heteroatoms. The minimum absolute atomic E-state index is 0.102. The summed E-state index contributed by atoms with van der Waals surface area (Å²) in [6.07, 6.45) is 0. The van der Waals surface area contributed by atoms with Gasteiger partial charge in [-0.1, -0.05) is 26.0 Å². The van der Waals surface area contributed by atoms with E-state index in [2.05, 4.69) is 0 Å². The van der Waals surface area contributed by atoms with Gasteiger partial charge in [0.05, 0.1) is 10.8 Å². The zero-order chi connectivity index (χ0) is 14.9. The van der Waals surface area contributed by atoms with Crippen molar-refractivity contribution < 1.29 is 14.8 Å². The van der Waals surface area contributed by atoms with Gasteiger partial charge in [-0.15, -0.1) is 0 Å². The maximum absolute atomic E-state index is 11.1. The lowest BCUT2D eigenvalue weighted by atomic mass is 9.97. The van der Waals surface area contributed by atoms with Crippen molar-refractivity contribution in [2.45, 2.75) is 26.3 Å². The fourth-order valence-electron chi connectivity index (χ4n) is 2.45. The Bertz CT molecular complexity index is 536. The summed E-state index contributed by atoms with van der Waals surface area (Å²) in [7, 11) is 0. The Morgan fingerprint density at radius 1 is 1.50 bits per heavy atom. The average Bonchev–Trinajstić information content (AvgIpc) is 2.32. The maximum Gasteiger partial charge on any atom is 0.309 e. The van der Waals surface area contributed by atoms with E-state index in [4.69, 9.17) is 5.11 Å². The van der Waals surface area contributed by atoms with Crippen molar-refractivity contribution in [3.8, 4) is 0 Å². The number of nitro benzene ring substituents is 1. The summed E-state index contributed by atoms with van der Waals surface area (Å²) in [5.41, 5.74) is 1.73. The van der Waals surface area contributed by atoms with Crippen LogP contribution in [0.2, 0.25) is 0 Å². The van der Waals surface area contributed by atoms with Crippen LogP contribution in [0.3, 0.4) is 0 Å². The Hall–Kier alpha value is -1.95. The van der Waals surface area contributed by atoms with Crippen LogP contribution in [0, 0.1) is 16.0 Å². The van der Waals surface area contributed by atoms with E-state index < -0.39 is 5.97 Å². The molecule has 1 aliphatic heterocycles. The van der Waals surface area contributed by atoms with Gasteiger partial charge in [-0.3, -0.25) is 19.8 Å². The highest BCUT2D eigenvalue weighted by Gasteiger charge is 2.32. The Morgan fingerprint density at radius 3 is 2.65 bits per heavy atom. The second kappa shape index (κ2) is 5.58. The first-order valence-electron chi connectivity index (χ1n) is 6.61. The van der Waals surface area contributed by atoms with Crippen molar-refractivity contribution >= 4 is 11.7 Å². The van der Waals surface area contributed by atoms with Gasteiger partial charge in [0.1, 0.15) is 0 Å². The van der Waals surface area contributed by atoms with Crippen molar-refractivity contribution in [2.24, 2.45) is 5.92 Å². The van der Waals surface area contributed by atoms with E-state index in [1.165, 1.54) is 0 Å². The van der Waals surface area contributed by atoms with Gasteiger partial charge in [-0.25, -0.2) is 0 Å². The van der Waals surface area contributed by atoms with Gasteiger partial charge in [-0.2, -0.15) is 0 Å². The molecule has 0 amide bonds. The molecular weight excluding hydrogens is 260 g/mol. The van der Waals surface area contributed by atoms with Crippen LogP contribution in [-0.4, -0.2) is 34.0 Å². The largest absolute Gasteiger partial charge is 0.481 e. The molecule has 0 aromatic heterocycles. The normalized spacial score (nSPS) is 16.1. The molecule has 0 atom stereocenters. The minimum atomic E-state index is -0.776. The average molecular weight is 278 g/mol. The highest BCUT2D eigenvalue weighted by molar-refractivity contribution is 5.71. The van der Waals surface area contributed by atoms with E-state index in [0.717, 1.165) is 11.1 Å². The number of nitro groups is 1. The number of carbonyl (C=O) groups is 1. The fraction of sp³-hybridized carbons (Fsp3) is 0.500. The molecule has 1 aliphatic rings. The lowest BCUT2D eigenvalue weighted by Crippen LogP contribution is -2.49. The van der Waals surface area contributed by atoms with Crippen LogP contribution in [0.5, 0.6) is 0 Å². The molecule has 1 fully saturated rings. The molecule has 0 radical (unpaired) electrons. The Morgan fingerprint density at radius 2 is 2.15 bits per heavy atom. The zero-order valence-electron chi connectivity index (χ0n) is 11.6. The van der Waals surface area contributed by atoms with Crippen molar-refractivity contribution in [2.75, 3.05) is 13.1 Å². The number of carboxylic acids is 1. The van der Waals surface area contributed by atoms with Crippen LogP contribution in [0.1, 0.15) is 30.9 Å². The first-order chi connectivity index (χ1) is 9.38. The van der Waals surface area contributed by atoms with Gasteiger partial charge in [0.25, 0.3) is 5.69 Å². The fourth-order valence-corrected chi connectivity index (χ4v) is 2.45. The lowest BCUT2D eigenvalue weighted by molar-refractivity contribution is -0.385. The molecule has 20 heavy (non-hydrogen) atoms. The van der Waals surface area contributed by atoms with Crippen molar-refractivity contribution in [1.82, 2.24) is 4.90 Å². The number of carboxylic acid groups (broad SMARTS) is 1. The smallest absolute Gasteiger partial charge is 0.309 e. The summed E-state index contributed by atoms with van der Waals surface area (Å²) in [5.74, 6) is -0.979. The van der Waals surface area contributed by atoms with Crippen LogP contribution in [0.4, 0.5) is 5.69 Å². The third-order valence-electron chi connectivity index (χ3n) is 3.63. The predicted octanol–water partition coefficient (Wildman–Crippen LogP) is 2.23. The second-order valence-electron chi connectivity index (χ2n) is 5.53. The molecule has 0 unspecified atom stereocenters. The SMILES string of the molecule is CC(C)c1ccc(CN2CC(C(=O)O)C2)cc1[N+](=O)[O-]. The van der Waals surface area contributed by atoms with Crippen LogP contribution in [0.15, 0.2) is 18.2 Å². The zero-order valence-corrected chi connectivity index (χ0v) is 11.6. The van der Waals surface area contributed by atoms with Crippen LogP contribution < -0.4 is 0 Å². The molecule has 0 spiro atoms. The van der Waals surface area contributed by atoms with Gasteiger partial charge in [0.15, 0.2) is 0 Å². The van der Waals surface area contributed by atoms with E-state index >= 15 is 0 Å². The van der Waals surface area contributed by atoms with Crippen molar-refractivity contribution in [3.63, 3.8) is 0 Å². The minimum Gasteiger partial charge on any atom is -0.481 e. The van der Waals surface area contributed by atoms with Gasteiger partial charge in [0.2, 0.25) is 0 Å². The topological polar surface area (TPSA) is 83.7 Å². The predicted molar refractivity (Wildman–Crippen MR) is 73.6 cm³/mol. The van der Waals surface area contributed by atoms with E-state index in [1.807, 2.05) is 24.8 Å². The monoisotopic (exact) mass is 278 g/mol. The standard InChI is InChI=1S/C14H18N2O4/c1-9(2)12-4-3-10(5-13(12)16(19)20)6-15-7-11(8-15)14(17)18/h3-5,9,11H,6-8H2,1-2H3,(H,17,18). The summed E-state index contributed by atoms with van der Waals surface area (Å²) < 4.78 is 0. The first kappa shape index (κ1) is 14.5. The van der Waals surface area contributed by atoms with E-state index in [1.54, 1.807) is 12.1 Å². The first-order valence-corrected chi connectivity index (χ1v) is 6.61. The van der Waals surface area contributed by atoms with Crippen LogP contribution in [0.25, 0.3) is 0 Å². The van der Waals surface area contributed by atoms with Gasteiger partial charge in [-0.05, 0) is 11.5 Å². The van der Waals surface area contributed by atoms with E-state index in [-0.39, 0.29) is 22.4 Å². The Labute approximate surface area is 117 Å². The Kier molecular flexibility index (Phi) is 4.04. The molecule has 0 aliphatic carbocycles. The highest BCUT2D eigenvalue weighted by atomic mass is 16.6. The number of likely N-dealkylation sites (tertiary alicyclic amines) is 1. The molecular formula is C14H18N2O4. The van der Waals surface area contributed by atoms with Gasteiger partial charge in [0, 0.05) is 31.3 Å². The van der Waals surface area contributed by atoms with E-state index in [9.17, 15) is 14.9 Å². The number of benzene rings is 1. The summed E-state index contributed by atoms with van der Waals surface area (Å²) in [6.45, 7) is 5.43. The van der Waals surface area contributed by atoms with Crippen molar-refractivity contribution in [1.29, 1.82) is 0 Å². The molecule has 1 heterocycles. The molecule has 1 aromatic rings. The van der Waals surface area contributed by atoms with E-state index in [0.29, 0.717) is 19.6 Å². The third kappa shape index (κ3) is 2.96. The van der Waals surface area contributed by atoms with Crippen LogP contribution in [-0.2, 0) is 11.3 Å². The summed E-state index contributed by atoms with van der Waals surface area (Å²) in [5, 5.41) is 19.9.